The molecular formula is C14H26N4O2S. The number of aryl methyl sites for hydroxylation is 1. The maximum atomic E-state index is 12.4. The summed E-state index contributed by atoms with van der Waals surface area (Å²) >= 11 is 0. The fourth-order valence-electron chi connectivity index (χ4n) is 2.92. The van der Waals surface area contributed by atoms with Gasteiger partial charge in [0.2, 0.25) is 10.0 Å². The van der Waals surface area contributed by atoms with Crippen molar-refractivity contribution in [1.82, 2.24) is 14.5 Å². The molecule has 0 radical (unpaired) electrons. The van der Waals surface area contributed by atoms with E-state index in [0.717, 1.165) is 32.1 Å². The molecule has 7 heteroatoms. The van der Waals surface area contributed by atoms with E-state index < -0.39 is 10.0 Å². The molecule has 0 aromatic carbocycles. The van der Waals surface area contributed by atoms with Crippen molar-refractivity contribution in [3.8, 4) is 0 Å². The number of nitrogens with two attached hydrogens (primary N) is 1. The zero-order valence-corrected chi connectivity index (χ0v) is 13.5. The lowest BCUT2D eigenvalue weighted by atomic mass is 9.85. The molecule has 2 atom stereocenters. The quantitative estimate of drug-likeness (QED) is 0.797. The van der Waals surface area contributed by atoms with Crippen molar-refractivity contribution >= 4 is 10.0 Å². The standard InChI is InChI=1S/C14H26N4O2S/c1-2-12-5-3-6-13(9-12)17-21(19,20)14-10-16-18(11-14)8-4-7-15/h10-13,17H,2-9,15H2,1H3. The monoisotopic (exact) mass is 314 g/mol. The highest BCUT2D eigenvalue weighted by molar-refractivity contribution is 7.89. The molecule has 2 unspecified atom stereocenters. The van der Waals surface area contributed by atoms with Crippen LogP contribution in [0.2, 0.25) is 0 Å². The minimum Gasteiger partial charge on any atom is -0.330 e. The van der Waals surface area contributed by atoms with Crippen molar-refractivity contribution in [1.29, 1.82) is 0 Å². The SMILES string of the molecule is CCC1CCCC(NS(=O)(=O)c2cnn(CCCN)c2)C1. The first-order valence-electron chi connectivity index (χ1n) is 7.80. The molecule has 1 aromatic rings. The first-order valence-corrected chi connectivity index (χ1v) is 9.28. The van der Waals surface area contributed by atoms with E-state index in [-0.39, 0.29) is 10.9 Å². The third kappa shape index (κ3) is 4.52. The average Bonchev–Trinajstić information content (AvgIpc) is 2.94. The van der Waals surface area contributed by atoms with Crippen LogP contribution in [0.25, 0.3) is 0 Å². The van der Waals surface area contributed by atoms with Gasteiger partial charge in [0.15, 0.2) is 0 Å². The number of sulfonamides is 1. The van der Waals surface area contributed by atoms with Gasteiger partial charge in [0.05, 0.1) is 6.20 Å². The molecule has 1 aliphatic carbocycles. The first-order chi connectivity index (χ1) is 10.0. The van der Waals surface area contributed by atoms with Crippen LogP contribution in [0.5, 0.6) is 0 Å². The van der Waals surface area contributed by atoms with E-state index in [1.165, 1.54) is 12.6 Å². The zero-order valence-electron chi connectivity index (χ0n) is 12.7. The van der Waals surface area contributed by atoms with E-state index in [0.29, 0.717) is 19.0 Å². The Morgan fingerprint density at radius 3 is 3.00 bits per heavy atom. The molecule has 6 nitrogen and oxygen atoms in total. The summed E-state index contributed by atoms with van der Waals surface area (Å²) in [6.45, 7) is 3.39. The molecule has 1 aliphatic rings. The zero-order chi connectivity index (χ0) is 15.3. The average molecular weight is 314 g/mol. The molecule has 0 spiro atoms. The number of hydrogen-bond acceptors (Lipinski definition) is 4. The highest BCUT2D eigenvalue weighted by Gasteiger charge is 2.26. The van der Waals surface area contributed by atoms with Gasteiger partial charge in [-0.25, -0.2) is 13.1 Å². The molecule has 3 N–H and O–H groups in total. The number of aromatic nitrogens is 2. The van der Waals surface area contributed by atoms with Crippen molar-refractivity contribution in [3.05, 3.63) is 12.4 Å². The predicted molar refractivity (Wildman–Crippen MR) is 82.3 cm³/mol. The molecule has 0 saturated heterocycles. The van der Waals surface area contributed by atoms with E-state index in [1.54, 1.807) is 10.9 Å². The van der Waals surface area contributed by atoms with Crippen LogP contribution >= 0.6 is 0 Å². The molecular weight excluding hydrogens is 288 g/mol. The first kappa shape index (κ1) is 16.5. The van der Waals surface area contributed by atoms with E-state index in [2.05, 4.69) is 16.7 Å². The highest BCUT2D eigenvalue weighted by atomic mass is 32.2. The van der Waals surface area contributed by atoms with Crippen LogP contribution in [0.3, 0.4) is 0 Å². The van der Waals surface area contributed by atoms with Crippen LogP contribution in [-0.2, 0) is 16.6 Å². The maximum Gasteiger partial charge on any atom is 0.243 e. The normalized spacial score (nSPS) is 23.3. The van der Waals surface area contributed by atoms with Crippen LogP contribution in [0.1, 0.15) is 45.4 Å². The lowest BCUT2D eigenvalue weighted by Gasteiger charge is -2.28. The largest absolute Gasteiger partial charge is 0.330 e. The second-order valence-electron chi connectivity index (χ2n) is 5.84. The predicted octanol–water partition coefficient (Wildman–Crippen LogP) is 1.48. The summed E-state index contributed by atoms with van der Waals surface area (Å²) in [5.41, 5.74) is 5.45. The van der Waals surface area contributed by atoms with E-state index in [1.807, 2.05) is 0 Å². The van der Waals surface area contributed by atoms with Crippen LogP contribution < -0.4 is 10.5 Å². The molecule has 0 bridgehead atoms. The van der Waals surface area contributed by atoms with E-state index in [9.17, 15) is 8.42 Å². The Kier molecular flexibility index (Phi) is 5.78. The summed E-state index contributed by atoms with van der Waals surface area (Å²) in [4.78, 5) is 0.248. The van der Waals surface area contributed by atoms with Crippen molar-refractivity contribution in [3.63, 3.8) is 0 Å². The Morgan fingerprint density at radius 1 is 1.48 bits per heavy atom. The Hall–Kier alpha value is -0.920. The minimum atomic E-state index is -3.46. The number of hydrogen-bond donors (Lipinski definition) is 2. The van der Waals surface area contributed by atoms with Gasteiger partial charge in [0, 0.05) is 18.8 Å². The summed E-state index contributed by atoms with van der Waals surface area (Å²) in [6, 6.07) is 0.0566. The maximum absolute atomic E-state index is 12.4. The number of nitrogens with zero attached hydrogens (tertiary/aromatic N) is 2. The summed E-state index contributed by atoms with van der Waals surface area (Å²) in [7, 11) is -3.46. The van der Waals surface area contributed by atoms with Crippen molar-refractivity contribution in [2.75, 3.05) is 6.54 Å². The van der Waals surface area contributed by atoms with Gasteiger partial charge >= 0.3 is 0 Å². The van der Waals surface area contributed by atoms with Crippen molar-refractivity contribution in [2.24, 2.45) is 11.7 Å². The second kappa shape index (κ2) is 7.38. The third-order valence-corrected chi connectivity index (χ3v) is 5.67. The van der Waals surface area contributed by atoms with Gasteiger partial charge in [-0.1, -0.05) is 26.2 Å². The Bertz CT molecular complexity index is 541. The molecule has 21 heavy (non-hydrogen) atoms. The smallest absolute Gasteiger partial charge is 0.243 e. The third-order valence-electron chi connectivity index (χ3n) is 4.19. The summed E-state index contributed by atoms with van der Waals surface area (Å²) < 4.78 is 29.3. The lowest BCUT2D eigenvalue weighted by Crippen LogP contribution is -2.38. The van der Waals surface area contributed by atoms with Gasteiger partial charge in [-0.3, -0.25) is 4.68 Å². The molecule has 1 aromatic heterocycles. The summed E-state index contributed by atoms with van der Waals surface area (Å²) in [6.07, 6.45) is 9.09. The Labute approximate surface area is 127 Å². The minimum absolute atomic E-state index is 0.0566. The van der Waals surface area contributed by atoms with Gasteiger partial charge in [-0.2, -0.15) is 5.10 Å². The van der Waals surface area contributed by atoms with E-state index in [4.69, 9.17) is 5.73 Å². The summed E-state index contributed by atoms with van der Waals surface area (Å²) in [5.74, 6) is 0.638. The fourth-order valence-corrected chi connectivity index (χ4v) is 4.15. The van der Waals surface area contributed by atoms with Crippen LogP contribution in [0.4, 0.5) is 0 Å². The van der Waals surface area contributed by atoms with E-state index >= 15 is 0 Å². The molecule has 2 rings (SSSR count). The van der Waals surface area contributed by atoms with Gasteiger partial charge < -0.3 is 5.73 Å². The van der Waals surface area contributed by atoms with Gasteiger partial charge in [0.25, 0.3) is 0 Å². The molecule has 0 amide bonds. The number of nitrogens with one attached hydrogen (secondary N) is 1. The molecule has 1 heterocycles. The van der Waals surface area contributed by atoms with Crippen LogP contribution in [-0.4, -0.2) is 30.8 Å². The van der Waals surface area contributed by atoms with Gasteiger partial charge in [-0.15, -0.1) is 0 Å². The topological polar surface area (TPSA) is 90.0 Å². The van der Waals surface area contributed by atoms with Crippen LogP contribution in [0, 0.1) is 5.92 Å². The van der Waals surface area contributed by atoms with Crippen molar-refractivity contribution < 1.29 is 8.42 Å². The molecule has 1 saturated carbocycles. The highest BCUT2D eigenvalue weighted by Crippen LogP contribution is 2.27. The summed E-state index contributed by atoms with van der Waals surface area (Å²) in [5, 5.41) is 4.09. The second-order valence-corrected chi connectivity index (χ2v) is 7.55. The lowest BCUT2D eigenvalue weighted by molar-refractivity contribution is 0.301. The van der Waals surface area contributed by atoms with Gasteiger partial charge in [-0.05, 0) is 31.7 Å². The Morgan fingerprint density at radius 2 is 2.29 bits per heavy atom. The van der Waals surface area contributed by atoms with Crippen molar-refractivity contribution in [2.45, 2.75) is 62.9 Å². The molecule has 1 fully saturated rings. The molecule has 0 aliphatic heterocycles. The molecule has 120 valence electrons. The fraction of sp³-hybridized carbons (Fsp3) is 0.786. The van der Waals surface area contributed by atoms with Crippen LogP contribution in [0.15, 0.2) is 17.3 Å². The van der Waals surface area contributed by atoms with Gasteiger partial charge in [0.1, 0.15) is 4.90 Å². The Balaban J connectivity index is 1.99. The number of rotatable bonds is 7.